The van der Waals surface area contributed by atoms with Crippen molar-refractivity contribution in [1.29, 1.82) is 0 Å². The highest BCUT2D eigenvalue weighted by Gasteiger charge is 2.24. The molecule has 0 spiro atoms. The van der Waals surface area contributed by atoms with Crippen molar-refractivity contribution in [2.45, 2.75) is 19.3 Å². The highest BCUT2D eigenvalue weighted by atomic mass is 79.9. The third-order valence-corrected chi connectivity index (χ3v) is 5.57. The van der Waals surface area contributed by atoms with E-state index in [1.54, 1.807) is 23.0 Å². The van der Waals surface area contributed by atoms with E-state index in [2.05, 4.69) is 15.9 Å². The zero-order valence-corrected chi connectivity index (χ0v) is 18.0. The van der Waals surface area contributed by atoms with E-state index in [4.69, 9.17) is 4.74 Å². The van der Waals surface area contributed by atoms with E-state index in [9.17, 15) is 14.0 Å². The van der Waals surface area contributed by atoms with Crippen LogP contribution in [0, 0.1) is 5.82 Å². The third-order valence-electron chi connectivity index (χ3n) is 5.08. The van der Waals surface area contributed by atoms with Crippen LogP contribution in [0.2, 0.25) is 0 Å². The van der Waals surface area contributed by atoms with E-state index >= 15 is 0 Å². The van der Waals surface area contributed by atoms with E-state index in [0.29, 0.717) is 49.9 Å². The Bertz CT molecular complexity index is 873. The topological polar surface area (TPSA) is 49.9 Å². The number of hydrogen-bond donors (Lipinski definition) is 0. The molecule has 0 N–H and O–H groups in total. The number of ether oxygens (including phenoxy) is 1. The summed E-state index contributed by atoms with van der Waals surface area (Å²) in [6.45, 7) is 1.97. The molecule has 1 aliphatic heterocycles. The first-order chi connectivity index (χ1) is 14.0. The summed E-state index contributed by atoms with van der Waals surface area (Å²) in [7, 11) is 1.62. The molecule has 2 aromatic rings. The van der Waals surface area contributed by atoms with Gasteiger partial charge in [0.25, 0.3) is 5.91 Å². The minimum absolute atomic E-state index is 0.0543. The van der Waals surface area contributed by atoms with Crippen LogP contribution in [0.5, 0.6) is 5.75 Å². The fourth-order valence-electron chi connectivity index (χ4n) is 3.40. The molecule has 7 heteroatoms. The molecule has 29 heavy (non-hydrogen) atoms. The van der Waals surface area contributed by atoms with Gasteiger partial charge in [-0.1, -0.05) is 28.1 Å². The minimum atomic E-state index is -0.533. The average Bonchev–Trinajstić information content (AvgIpc) is 3.00. The third kappa shape index (κ3) is 5.56. The molecule has 154 valence electrons. The first-order valence-electron chi connectivity index (χ1n) is 9.63. The molecule has 0 radical (unpaired) electrons. The van der Waals surface area contributed by atoms with E-state index in [1.807, 2.05) is 24.3 Å². The van der Waals surface area contributed by atoms with Crippen LogP contribution in [-0.2, 0) is 11.2 Å². The molecule has 1 heterocycles. The molecule has 1 aliphatic rings. The Hall–Kier alpha value is -2.41. The second-order valence-electron chi connectivity index (χ2n) is 7.00. The number of carbonyl (C=O) groups is 2. The number of methoxy groups -OCH3 is 1. The van der Waals surface area contributed by atoms with E-state index in [1.165, 1.54) is 12.1 Å². The maximum atomic E-state index is 14.1. The molecule has 1 saturated heterocycles. The Morgan fingerprint density at radius 2 is 1.72 bits per heavy atom. The Kier molecular flexibility index (Phi) is 7.25. The number of aryl methyl sites for hydroxylation is 1. The van der Waals surface area contributed by atoms with Crippen molar-refractivity contribution in [2.24, 2.45) is 0 Å². The molecule has 0 aromatic heterocycles. The van der Waals surface area contributed by atoms with E-state index < -0.39 is 5.82 Å². The number of halogens is 2. The van der Waals surface area contributed by atoms with Crippen LogP contribution in [-0.4, -0.2) is 54.9 Å². The summed E-state index contributed by atoms with van der Waals surface area (Å²) in [6.07, 6.45) is 1.75. The summed E-state index contributed by atoms with van der Waals surface area (Å²) in [5, 5.41) is 0. The van der Waals surface area contributed by atoms with Crippen LogP contribution in [0.3, 0.4) is 0 Å². The van der Waals surface area contributed by atoms with Gasteiger partial charge in [0, 0.05) is 37.1 Å². The number of amides is 2. The molecule has 0 saturated carbocycles. The number of hydrogen-bond acceptors (Lipinski definition) is 3. The summed E-state index contributed by atoms with van der Waals surface area (Å²) in [5.41, 5.74) is 1.13. The number of rotatable bonds is 5. The lowest BCUT2D eigenvalue weighted by Gasteiger charge is -2.22. The van der Waals surface area contributed by atoms with Crippen LogP contribution in [0.15, 0.2) is 46.9 Å². The smallest absolute Gasteiger partial charge is 0.256 e. The van der Waals surface area contributed by atoms with Gasteiger partial charge in [-0.25, -0.2) is 4.39 Å². The van der Waals surface area contributed by atoms with Crippen molar-refractivity contribution in [3.05, 3.63) is 63.9 Å². The first-order valence-corrected chi connectivity index (χ1v) is 10.4. The Morgan fingerprint density at radius 3 is 2.45 bits per heavy atom. The van der Waals surface area contributed by atoms with Gasteiger partial charge in [0.2, 0.25) is 5.91 Å². The Morgan fingerprint density at radius 1 is 1.03 bits per heavy atom. The van der Waals surface area contributed by atoms with E-state index in [-0.39, 0.29) is 17.4 Å². The number of carbonyl (C=O) groups excluding carboxylic acids is 2. The molecule has 0 aliphatic carbocycles. The zero-order chi connectivity index (χ0) is 20.8. The van der Waals surface area contributed by atoms with Crippen molar-refractivity contribution >= 4 is 27.7 Å². The summed E-state index contributed by atoms with van der Waals surface area (Å²) in [4.78, 5) is 28.8. The van der Waals surface area contributed by atoms with Gasteiger partial charge in [0.15, 0.2) is 0 Å². The first kappa shape index (κ1) is 21.3. The minimum Gasteiger partial charge on any atom is -0.497 e. The van der Waals surface area contributed by atoms with Crippen molar-refractivity contribution < 1.29 is 18.7 Å². The summed E-state index contributed by atoms with van der Waals surface area (Å²) >= 11 is 3.28. The monoisotopic (exact) mass is 462 g/mol. The molecule has 1 fully saturated rings. The molecule has 2 aromatic carbocycles. The largest absolute Gasteiger partial charge is 0.497 e. The Labute approximate surface area is 178 Å². The van der Waals surface area contributed by atoms with Gasteiger partial charge < -0.3 is 14.5 Å². The lowest BCUT2D eigenvalue weighted by molar-refractivity contribution is -0.131. The Balaban J connectivity index is 1.55. The fourth-order valence-corrected chi connectivity index (χ4v) is 3.76. The number of nitrogens with zero attached hydrogens (tertiary/aromatic N) is 2. The summed E-state index contributed by atoms with van der Waals surface area (Å²) in [6, 6.07) is 12.0. The molecule has 5 nitrogen and oxygen atoms in total. The van der Waals surface area contributed by atoms with Crippen LogP contribution < -0.4 is 4.74 Å². The van der Waals surface area contributed by atoms with Crippen molar-refractivity contribution in [1.82, 2.24) is 9.80 Å². The molecular weight excluding hydrogens is 439 g/mol. The van der Waals surface area contributed by atoms with Crippen molar-refractivity contribution in [3.63, 3.8) is 0 Å². The molecular formula is C22H24BrFN2O3. The predicted molar refractivity (Wildman–Crippen MR) is 113 cm³/mol. The highest BCUT2D eigenvalue weighted by Crippen LogP contribution is 2.19. The molecule has 0 bridgehead atoms. The molecule has 3 rings (SSSR count). The quantitative estimate of drug-likeness (QED) is 0.676. The van der Waals surface area contributed by atoms with Gasteiger partial charge in [-0.15, -0.1) is 0 Å². The summed E-state index contributed by atoms with van der Waals surface area (Å²) < 4.78 is 19.9. The van der Waals surface area contributed by atoms with E-state index in [0.717, 1.165) is 11.3 Å². The molecule has 0 unspecified atom stereocenters. The van der Waals surface area contributed by atoms with Gasteiger partial charge in [-0.2, -0.15) is 0 Å². The zero-order valence-electron chi connectivity index (χ0n) is 16.4. The van der Waals surface area contributed by atoms with Crippen LogP contribution in [0.25, 0.3) is 0 Å². The predicted octanol–water partition coefficient (Wildman–Crippen LogP) is 3.90. The maximum absolute atomic E-state index is 14.1. The van der Waals surface area contributed by atoms with Gasteiger partial charge in [0.1, 0.15) is 11.6 Å². The SMILES string of the molecule is COc1ccc(CCC(=O)N2CCCN(C(=O)c3cc(Br)ccc3F)CC2)cc1. The van der Waals surface area contributed by atoms with Gasteiger partial charge >= 0.3 is 0 Å². The lowest BCUT2D eigenvalue weighted by atomic mass is 10.1. The maximum Gasteiger partial charge on any atom is 0.256 e. The van der Waals surface area contributed by atoms with Crippen LogP contribution in [0.1, 0.15) is 28.8 Å². The van der Waals surface area contributed by atoms with Crippen LogP contribution in [0.4, 0.5) is 4.39 Å². The number of benzene rings is 2. The van der Waals surface area contributed by atoms with Gasteiger partial charge in [-0.05, 0) is 48.7 Å². The molecule has 2 amide bonds. The second kappa shape index (κ2) is 9.87. The van der Waals surface area contributed by atoms with Crippen LogP contribution >= 0.6 is 15.9 Å². The van der Waals surface area contributed by atoms with Gasteiger partial charge in [-0.3, -0.25) is 9.59 Å². The molecule has 0 atom stereocenters. The second-order valence-corrected chi connectivity index (χ2v) is 7.91. The lowest BCUT2D eigenvalue weighted by Crippen LogP contribution is -2.37. The standard InChI is InChI=1S/C22H24BrFN2O3/c1-29-18-7-3-16(4-8-18)5-10-21(27)25-11-2-12-26(14-13-25)22(28)19-15-17(23)6-9-20(19)24/h3-4,6-9,15H,2,5,10-14H2,1H3. The summed E-state index contributed by atoms with van der Waals surface area (Å²) in [5.74, 6) is -0.00538. The normalized spacial score (nSPS) is 14.4. The fraction of sp³-hybridized carbons (Fsp3) is 0.364. The van der Waals surface area contributed by atoms with Crippen molar-refractivity contribution in [3.8, 4) is 5.75 Å². The van der Waals surface area contributed by atoms with Gasteiger partial charge in [0.05, 0.1) is 12.7 Å². The van der Waals surface area contributed by atoms with Crippen molar-refractivity contribution in [2.75, 3.05) is 33.3 Å². The highest BCUT2D eigenvalue weighted by molar-refractivity contribution is 9.10. The average molecular weight is 463 g/mol.